The van der Waals surface area contributed by atoms with E-state index in [1.54, 1.807) is 42.1 Å². The molecule has 2 N–H and O–H groups in total. The molecule has 2 aromatic carbocycles. The van der Waals surface area contributed by atoms with Crippen LogP contribution in [-0.4, -0.2) is 42.4 Å². The number of amides is 2. The number of hydrogen-bond acceptors (Lipinski definition) is 5. The van der Waals surface area contributed by atoms with Gasteiger partial charge >= 0.3 is 5.97 Å². The first kappa shape index (κ1) is 23.0. The lowest BCUT2D eigenvalue weighted by Gasteiger charge is -2.17. The van der Waals surface area contributed by atoms with Gasteiger partial charge in [-0.1, -0.05) is 34.1 Å². The minimum atomic E-state index is -0.821. The summed E-state index contributed by atoms with van der Waals surface area (Å²) in [5, 5.41) is 5.38. The molecule has 29 heavy (non-hydrogen) atoms. The standard InChI is InChI=1S/C21H23BrN2O4S/c1-14-12-16(8-9-17(14)22)23-19(25)13-28-21(27)18(10-11-29-2)24-20(26)15-6-4-3-5-7-15/h3-9,12,18H,10-11,13H2,1-2H3,(H,23,25)(H,24,26)/t18-/m1/s1. The summed E-state index contributed by atoms with van der Waals surface area (Å²) in [6, 6.07) is 13.2. The first-order chi connectivity index (χ1) is 13.9. The highest BCUT2D eigenvalue weighted by molar-refractivity contribution is 9.10. The molecule has 8 heteroatoms. The van der Waals surface area contributed by atoms with Gasteiger partial charge in [0.2, 0.25) is 0 Å². The van der Waals surface area contributed by atoms with Gasteiger partial charge in [-0.05, 0) is 61.2 Å². The van der Waals surface area contributed by atoms with Crippen LogP contribution in [0, 0.1) is 6.92 Å². The fourth-order valence-electron chi connectivity index (χ4n) is 2.47. The maximum atomic E-state index is 12.4. The molecule has 0 saturated heterocycles. The quantitative estimate of drug-likeness (QED) is 0.535. The molecule has 0 spiro atoms. The number of carbonyl (C=O) groups is 3. The van der Waals surface area contributed by atoms with Crippen LogP contribution in [0.3, 0.4) is 0 Å². The molecule has 2 amide bonds. The topological polar surface area (TPSA) is 84.5 Å². The van der Waals surface area contributed by atoms with Gasteiger partial charge in [0.15, 0.2) is 6.61 Å². The van der Waals surface area contributed by atoms with E-state index in [-0.39, 0.29) is 5.91 Å². The van der Waals surface area contributed by atoms with E-state index < -0.39 is 24.5 Å². The minimum Gasteiger partial charge on any atom is -0.454 e. The van der Waals surface area contributed by atoms with Crippen molar-refractivity contribution in [2.45, 2.75) is 19.4 Å². The predicted octanol–water partition coefficient (Wildman–Crippen LogP) is 3.79. The van der Waals surface area contributed by atoms with E-state index in [1.807, 2.05) is 31.4 Å². The van der Waals surface area contributed by atoms with Crippen LogP contribution in [0.15, 0.2) is 53.0 Å². The van der Waals surface area contributed by atoms with Crippen LogP contribution in [-0.2, 0) is 14.3 Å². The van der Waals surface area contributed by atoms with Crippen LogP contribution in [0.25, 0.3) is 0 Å². The molecule has 0 aromatic heterocycles. The van der Waals surface area contributed by atoms with Crippen LogP contribution in [0.5, 0.6) is 0 Å². The first-order valence-corrected chi connectivity index (χ1v) is 11.2. The van der Waals surface area contributed by atoms with Gasteiger partial charge in [0.25, 0.3) is 11.8 Å². The summed E-state index contributed by atoms with van der Waals surface area (Å²) in [7, 11) is 0. The van der Waals surface area contributed by atoms with Gasteiger partial charge in [0.05, 0.1) is 0 Å². The molecule has 0 bridgehead atoms. The zero-order chi connectivity index (χ0) is 21.2. The average molecular weight is 479 g/mol. The molecule has 0 aliphatic rings. The Kier molecular flexibility index (Phi) is 9.21. The Morgan fingerprint density at radius 1 is 1.14 bits per heavy atom. The summed E-state index contributed by atoms with van der Waals surface area (Å²) in [6.45, 7) is 1.48. The number of hydrogen-bond donors (Lipinski definition) is 2. The maximum Gasteiger partial charge on any atom is 0.329 e. The predicted molar refractivity (Wildman–Crippen MR) is 119 cm³/mol. The lowest BCUT2D eigenvalue weighted by molar-refractivity contribution is -0.149. The van der Waals surface area contributed by atoms with Gasteiger partial charge in [-0.15, -0.1) is 0 Å². The maximum absolute atomic E-state index is 12.4. The van der Waals surface area contributed by atoms with Crippen molar-refractivity contribution < 1.29 is 19.1 Å². The molecule has 0 fully saturated rings. The van der Waals surface area contributed by atoms with Gasteiger partial charge in [-0.25, -0.2) is 4.79 Å². The van der Waals surface area contributed by atoms with E-state index in [0.717, 1.165) is 10.0 Å². The van der Waals surface area contributed by atoms with E-state index in [0.29, 0.717) is 23.4 Å². The Hall–Kier alpha value is -2.32. The summed E-state index contributed by atoms with van der Waals surface area (Å²) in [5.41, 5.74) is 2.04. The summed E-state index contributed by atoms with van der Waals surface area (Å²) in [4.78, 5) is 36.9. The zero-order valence-electron chi connectivity index (χ0n) is 16.2. The molecule has 0 aliphatic carbocycles. The number of carbonyl (C=O) groups excluding carboxylic acids is 3. The Bertz CT molecular complexity index is 861. The number of ether oxygens (including phenoxy) is 1. The molecule has 0 saturated carbocycles. The van der Waals surface area contributed by atoms with Crippen molar-refractivity contribution in [2.24, 2.45) is 0 Å². The molecule has 0 aliphatic heterocycles. The molecule has 1 atom stereocenters. The molecule has 0 radical (unpaired) electrons. The van der Waals surface area contributed by atoms with Crippen molar-refractivity contribution in [3.05, 3.63) is 64.1 Å². The number of halogens is 1. The van der Waals surface area contributed by atoms with Crippen molar-refractivity contribution in [3.8, 4) is 0 Å². The number of nitrogens with one attached hydrogen (secondary N) is 2. The Balaban J connectivity index is 1.91. The fourth-order valence-corrected chi connectivity index (χ4v) is 3.19. The van der Waals surface area contributed by atoms with Crippen molar-refractivity contribution >= 4 is 51.2 Å². The van der Waals surface area contributed by atoms with Crippen LogP contribution >= 0.6 is 27.7 Å². The van der Waals surface area contributed by atoms with Gasteiger partial charge < -0.3 is 15.4 Å². The third kappa shape index (κ3) is 7.55. The minimum absolute atomic E-state index is 0.358. The Morgan fingerprint density at radius 2 is 1.86 bits per heavy atom. The highest BCUT2D eigenvalue weighted by Crippen LogP contribution is 2.19. The number of benzene rings is 2. The highest BCUT2D eigenvalue weighted by atomic mass is 79.9. The van der Waals surface area contributed by atoms with Crippen molar-refractivity contribution in [1.82, 2.24) is 5.32 Å². The fraction of sp³-hybridized carbons (Fsp3) is 0.286. The van der Waals surface area contributed by atoms with Crippen molar-refractivity contribution in [1.29, 1.82) is 0 Å². The molecule has 6 nitrogen and oxygen atoms in total. The summed E-state index contributed by atoms with van der Waals surface area (Å²) < 4.78 is 6.08. The van der Waals surface area contributed by atoms with Crippen molar-refractivity contribution in [3.63, 3.8) is 0 Å². The molecule has 154 valence electrons. The van der Waals surface area contributed by atoms with E-state index in [1.165, 1.54) is 0 Å². The normalized spacial score (nSPS) is 11.4. The number of rotatable bonds is 9. The summed E-state index contributed by atoms with van der Waals surface area (Å²) in [5.74, 6) is -0.772. The zero-order valence-corrected chi connectivity index (χ0v) is 18.6. The Labute approximate surface area is 182 Å². The van der Waals surface area contributed by atoms with E-state index in [9.17, 15) is 14.4 Å². The highest BCUT2D eigenvalue weighted by Gasteiger charge is 2.23. The van der Waals surface area contributed by atoms with Gasteiger partial charge in [0.1, 0.15) is 6.04 Å². The van der Waals surface area contributed by atoms with Crippen LogP contribution in [0.2, 0.25) is 0 Å². The molecular formula is C21H23BrN2O4S. The molecule has 0 heterocycles. The largest absolute Gasteiger partial charge is 0.454 e. The van der Waals surface area contributed by atoms with Gasteiger partial charge in [-0.3, -0.25) is 9.59 Å². The molecule has 0 unspecified atom stereocenters. The first-order valence-electron chi connectivity index (χ1n) is 8.98. The second-order valence-electron chi connectivity index (χ2n) is 6.29. The van der Waals surface area contributed by atoms with E-state index in [4.69, 9.17) is 4.74 Å². The molecule has 2 aromatic rings. The summed E-state index contributed by atoms with van der Waals surface area (Å²) in [6.07, 6.45) is 2.32. The van der Waals surface area contributed by atoms with Crippen LogP contribution < -0.4 is 10.6 Å². The third-order valence-electron chi connectivity index (χ3n) is 4.02. The number of anilines is 1. The number of esters is 1. The second kappa shape index (κ2) is 11.6. The number of thioether (sulfide) groups is 1. The molecule has 2 rings (SSSR count). The van der Waals surface area contributed by atoms with Crippen molar-refractivity contribution in [2.75, 3.05) is 23.9 Å². The van der Waals surface area contributed by atoms with E-state index >= 15 is 0 Å². The van der Waals surface area contributed by atoms with Gasteiger partial charge in [-0.2, -0.15) is 11.8 Å². The summed E-state index contributed by atoms with van der Waals surface area (Å²) >= 11 is 4.96. The average Bonchev–Trinajstić information content (AvgIpc) is 2.72. The van der Waals surface area contributed by atoms with E-state index in [2.05, 4.69) is 26.6 Å². The molecular weight excluding hydrogens is 456 g/mol. The SMILES string of the molecule is CSCC[C@@H](NC(=O)c1ccccc1)C(=O)OCC(=O)Nc1ccc(Br)c(C)c1. The van der Waals surface area contributed by atoms with Crippen LogP contribution in [0.1, 0.15) is 22.3 Å². The van der Waals surface area contributed by atoms with Gasteiger partial charge in [0, 0.05) is 15.7 Å². The monoisotopic (exact) mass is 478 g/mol. The second-order valence-corrected chi connectivity index (χ2v) is 8.13. The smallest absolute Gasteiger partial charge is 0.329 e. The van der Waals surface area contributed by atoms with Crippen LogP contribution in [0.4, 0.5) is 5.69 Å². The lowest BCUT2D eigenvalue weighted by Crippen LogP contribution is -2.43. The Morgan fingerprint density at radius 3 is 2.52 bits per heavy atom. The lowest BCUT2D eigenvalue weighted by atomic mass is 10.1. The third-order valence-corrected chi connectivity index (χ3v) is 5.56. The number of aryl methyl sites for hydroxylation is 1.